The largest absolute Gasteiger partial charge is 0.497 e. The van der Waals surface area contributed by atoms with E-state index in [1.54, 1.807) is 7.11 Å². The summed E-state index contributed by atoms with van der Waals surface area (Å²) in [4.78, 5) is 8.96. The molecular formula is C31H50N2O. The molecule has 0 radical (unpaired) electrons. The molecule has 2 rings (SSSR count). The summed E-state index contributed by atoms with van der Waals surface area (Å²) in [5, 5.41) is 0. The normalized spacial score (nSPS) is 9.76. The van der Waals surface area contributed by atoms with Gasteiger partial charge in [-0.3, -0.25) is 0 Å². The van der Waals surface area contributed by atoms with Crippen LogP contribution in [0.25, 0.3) is 11.4 Å². The molecule has 0 amide bonds. The summed E-state index contributed by atoms with van der Waals surface area (Å²) in [6.45, 7) is 13.9. The molecule has 0 atom stereocenters. The SMILES string of the molecule is C=CCCCC=C.CCCCC.CCCCCCCCc1cnc(-c2ccc(OC)cc2)nc1. The third-order valence-corrected chi connectivity index (χ3v) is 5.40. The first-order valence-corrected chi connectivity index (χ1v) is 13.3. The van der Waals surface area contributed by atoms with E-state index >= 15 is 0 Å². The molecule has 34 heavy (non-hydrogen) atoms. The van der Waals surface area contributed by atoms with Crippen LogP contribution in [0.5, 0.6) is 5.75 Å². The van der Waals surface area contributed by atoms with E-state index in [-0.39, 0.29) is 0 Å². The number of allylic oxidation sites excluding steroid dienone is 2. The van der Waals surface area contributed by atoms with Crippen LogP contribution >= 0.6 is 0 Å². The summed E-state index contributed by atoms with van der Waals surface area (Å²) in [6.07, 6.45) is 24.3. The molecule has 0 N–H and O–H groups in total. The molecule has 0 bridgehead atoms. The second kappa shape index (κ2) is 23.7. The molecule has 1 aromatic heterocycles. The highest BCUT2D eigenvalue weighted by atomic mass is 16.5. The smallest absolute Gasteiger partial charge is 0.159 e. The van der Waals surface area contributed by atoms with E-state index < -0.39 is 0 Å². The topological polar surface area (TPSA) is 35.0 Å². The summed E-state index contributed by atoms with van der Waals surface area (Å²) < 4.78 is 5.16. The van der Waals surface area contributed by atoms with Gasteiger partial charge in [-0.15, -0.1) is 13.2 Å². The van der Waals surface area contributed by atoms with E-state index in [0.717, 1.165) is 36.4 Å². The lowest BCUT2D eigenvalue weighted by molar-refractivity contribution is 0.415. The molecule has 0 saturated heterocycles. The van der Waals surface area contributed by atoms with Crippen molar-refractivity contribution in [3.05, 3.63) is 67.5 Å². The van der Waals surface area contributed by atoms with Gasteiger partial charge in [-0.2, -0.15) is 0 Å². The van der Waals surface area contributed by atoms with Gasteiger partial charge in [-0.1, -0.05) is 84.3 Å². The Morgan fingerprint density at radius 3 is 1.71 bits per heavy atom. The summed E-state index contributed by atoms with van der Waals surface area (Å²) in [6, 6.07) is 7.84. The predicted molar refractivity (Wildman–Crippen MR) is 151 cm³/mol. The number of nitrogens with zero attached hydrogens (tertiary/aromatic N) is 2. The molecular weight excluding hydrogens is 416 g/mol. The summed E-state index contributed by atoms with van der Waals surface area (Å²) in [7, 11) is 1.67. The first kappa shape index (κ1) is 31.6. The van der Waals surface area contributed by atoms with Crippen molar-refractivity contribution >= 4 is 0 Å². The number of aromatic nitrogens is 2. The highest BCUT2D eigenvalue weighted by Crippen LogP contribution is 2.19. The van der Waals surface area contributed by atoms with Gasteiger partial charge in [-0.25, -0.2) is 9.97 Å². The van der Waals surface area contributed by atoms with E-state index in [1.807, 2.05) is 48.8 Å². The van der Waals surface area contributed by atoms with Crippen LogP contribution in [-0.4, -0.2) is 17.1 Å². The lowest BCUT2D eigenvalue weighted by Crippen LogP contribution is -1.93. The van der Waals surface area contributed by atoms with E-state index in [1.165, 1.54) is 69.8 Å². The van der Waals surface area contributed by atoms with Gasteiger partial charge in [0.05, 0.1) is 7.11 Å². The van der Waals surface area contributed by atoms with Crippen molar-refractivity contribution in [2.45, 2.75) is 104 Å². The van der Waals surface area contributed by atoms with E-state index in [2.05, 4.69) is 43.9 Å². The van der Waals surface area contributed by atoms with E-state index in [9.17, 15) is 0 Å². The van der Waals surface area contributed by atoms with Crippen LogP contribution in [0.3, 0.4) is 0 Å². The predicted octanol–water partition coefficient (Wildman–Crippen LogP) is 9.78. The lowest BCUT2D eigenvalue weighted by atomic mass is 10.1. The van der Waals surface area contributed by atoms with E-state index in [4.69, 9.17) is 4.74 Å². The number of unbranched alkanes of at least 4 members (excludes halogenated alkanes) is 9. The van der Waals surface area contributed by atoms with Gasteiger partial charge in [-0.05, 0) is 61.9 Å². The Morgan fingerprint density at radius 1 is 0.706 bits per heavy atom. The number of benzene rings is 1. The zero-order chi connectivity index (χ0) is 25.3. The Kier molecular flexibility index (Phi) is 22.0. The minimum absolute atomic E-state index is 0.773. The molecule has 0 unspecified atom stereocenters. The Hall–Kier alpha value is -2.42. The van der Waals surface area contributed by atoms with Crippen LogP contribution in [0.2, 0.25) is 0 Å². The van der Waals surface area contributed by atoms with Gasteiger partial charge < -0.3 is 4.74 Å². The average Bonchev–Trinajstić information content (AvgIpc) is 2.88. The number of hydrogen-bond acceptors (Lipinski definition) is 3. The molecule has 190 valence electrons. The second-order valence-electron chi connectivity index (χ2n) is 8.52. The van der Waals surface area contributed by atoms with Crippen molar-refractivity contribution in [1.29, 1.82) is 0 Å². The van der Waals surface area contributed by atoms with Crippen LogP contribution < -0.4 is 4.74 Å². The Morgan fingerprint density at radius 2 is 1.24 bits per heavy atom. The van der Waals surface area contributed by atoms with Crippen molar-refractivity contribution in [2.75, 3.05) is 7.11 Å². The van der Waals surface area contributed by atoms with Crippen LogP contribution in [0.15, 0.2) is 62.0 Å². The summed E-state index contributed by atoms with van der Waals surface area (Å²) >= 11 is 0. The van der Waals surface area contributed by atoms with Crippen molar-refractivity contribution in [3.8, 4) is 17.1 Å². The van der Waals surface area contributed by atoms with Gasteiger partial charge in [0.15, 0.2) is 5.82 Å². The van der Waals surface area contributed by atoms with Crippen LogP contribution in [0, 0.1) is 0 Å². The summed E-state index contributed by atoms with van der Waals surface area (Å²) in [5.41, 5.74) is 2.25. The molecule has 0 aliphatic rings. The van der Waals surface area contributed by atoms with E-state index in [0.29, 0.717) is 0 Å². The van der Waals surface area contributed by atoms with Crippen molar-refractivity contribution in [1.82, 2.24) is 9.97 Å². The monoisotopic (exact) mass is 466 g/mol. The van der Waals surface area contributed by atoms with Gasteiger partial charge in [0, 0.05) is 18.0 Å². The van der Waals surface area contributed by atoms with Crippen molar-refractivity contribution in [3.63, 3.8) is 0 Å². The maximum Gasteiger partial charge on any atom is 0.159 e. The lowest BCUT2D eigenvalue weighted by Gasteiger charge is -2.04. The maximum atomic E-state index is 5.16. The fourth-order valence-electron chi connectivity index (χ4n) is 3.24. The molecule has 0 saturated carbocycles. The molecule has 0 aliphatic heterocycles. The molecule has 1 aromatic carbocycles. The van der Waals surface area contributed by atoms with Crippen LogP contribution in [0.4, 0.5) is 0 Å². The van der Waals surface area contributed by atoms with Crippen LogP contribution in [-0.2, 0) is 6.42 Å². The Labute approximate surface area is 210 Å². The standard InChI is InChI=1S/C19H26N2O.C7H12.C5H12/c1-3-4-5-6-7-8-9-16-14-20-19(21-15-16)17-10-12-18(22-2)13-11-17;1-3-5-7-6-4-2;1-3-5-4-2/h10-15H,3-9H2,1-2H3;3-4H,1-2,5-7H2;3-5H2,1-2H3. The Bertz CT molecular complexity index is 697. The first-order chi connectivity index (χ1) is 16.7. The van der Waals surface area contributed by atoms with Crippen molar-refractivity contribution < 1.29 is 4.74 Å². The second-order valence-corrected chi connectivity index (χ2v) is 8.52. The molecule has 3 heteroatoms. The third-order valence-electron chi connectivity index (χ3n) is 5.40. The molecule has 0 spiro atoms. The third kappa shape index (κ3) is 17.1. The molecule has 0 fully saturated rings. The number of rotatable bonds is 15. The maximum absolute atomic E-state index is 5.16. The fraction of sp³-hybridized carbons (Fsp3) is 0.548. The molecule has 0 aliphatic carbocycles. The fourth-order valence-corrected chi connectivity index (χ4v) is 3.24. The quantitative estimate of drug-likeness (QED) is 0.193. The minimum atomic E-state index is 0.773. The van der Waals surface area contributed by atoms with Crippen LogP contribution in [0.1, 0.15) is 103 Å². The average molecular weight is 467 g/mol. The molecule has 1 heterocycles. The van der Waals surface area contributed by atoms with Gasteiger partial charge >= 0.3 is 0 Å². The highest BCUT2D eigenvalue weighted by Gasteiger charge is 2.02. The number of ether oxygens (including phenoxy) is 1. The molecule has 3 nitrogen and oxygen atoms in total. The molecule has 2 aromatic rings. The minimum Gasteiger partial charge on any atom is -0.497 e. The van der Waals surface area contributed by atoms with Gasteiger partial charge in [0.1, 0.15) is 5.75 Å². The van der Waals surface area contributed by atoms with Gasteiger partial charge in [0.25, 0.3) is 0 Å². The number of hydrogen-bond donors (Lipinski definition) is 0. The van der Waals surface area contributed by atoms with Crippen molar-refractivity contribution in [2.24, 2.45) is 0 Å². The summed E-state index contributed by atoms with van der Waals surface area (Å²) in [5.74, 6) is 1.62. The van der Waals surface area contributed by atoms with Gasteiger partial charge in [0.2, 0.25) is 0 Å². The number of methoxy groups -OCH3 is 1. The zero-order valence-electron chi connectivity index (χ0n) is 22.5. The first-order valence-electron chi connectivity index (χ1n) is 13.3. The highest BCUT2D eigenvalue weighted by molar-refractivity contribution is 5.55. The Balaban J connectivity index is 0.000000751. The number of aryl methyl sites for hydroxylation is 1. The zero-order valence-corrected chi connectivity index (χ0v) is 22.5.